The molecule has 5 aromatic rings. The second-order valence-electron chi connectivity index (χ2n) is 7.62. The minimum Gasteiger partial charge on any atom is -0.507 e. The molecule has 0 saturated heterocycles. The number of allylic oxidation sites excluding steroid dienone is 1. The first kappa shape index (κ1) is 20.7. The second-order valence-corrected chi connectivity index (χ2v) is 8.53. The molecule has 0 spiro atoms. The van der Waals surface area contributed by atoms with Crippen molar-refractivity contribution in [2.24, 2.45) is 0 Å². The molecule has 3 aromatic heterocycles. The predicted molar refractivity (Wildman–Crippen MR) is 130 cm³/mol. The van der Waals surface area contributed by atoms with E-state index in [0.29, 0.717) is 24.6 Å². The van der Waals surface area contributed by atoms with Gasteiger partial charge < -0.3 is 5.11 Å². The SMILES string of the molecule is C=C(Cc1n[nH]c(=O)n1Cc1ccccc1)c1nc(-c2cc(O)cs2)cn1-c1ccccc1. The molecule has 0 aliphatic rings. The third-order valence-corrected chi connectivity index (χ3v) is 6.23. The van der Waals surface area contributed by atoms with Crippen molar-refractivity contribution >= 4 is 16.9 Å². The summed E-state index contributed by atoms with van der Waals surface area (Å²) < 4.78 is 3.59. The van der Waals surface area contributed by atoms with Gasteiger partial charge in [-0.3, -0.25) is 9.13 Å². The van der Waals surface area contributed by atoms with Gasteiger partial charge in [0.15, 0.2) is 0 Å². The van der Waals surface area contributed by atoms with Crippen LogP contribution in [0, 0.1) is 0 Å². The Labute approximate surface area is 193 Å². The highest BCUT2D eigenvalue weighted by Crippen LogP contribution is 2.32. The lowest BCUT2D eigenvalue weighted by Gasteiger charge is -2.11. The third kappa shape index (κ3) is 4.28. The van der Waals surface area contributed by atoms with Crippen molar-refractivity contribution in [2.75, 3.05) is 0 Å². The van der Waals surface area contributed by atoms with E-state index in [0.717, 1.165) is 27.4 Å². The topological polar surface area (TPSA) is 88.7 Å². The maximum absolute atomic E-state index is 12.4. The molecule has 8 heteroatoms. The molecule has 0 atom stereocenters. The summed E-state index contributed by atoms with van der Waals surface area (Å²) in [5, 5.41) is 18.3. The van der Waals surface area contributed by atoms with Gasteiger partial charge in [0.1, 0.15) is 17.4 Å². The van der Waals surface area contributed by atoms with Crippen molar-refractivity contribution in [3.05, 3.63) is 113 Å². The number of aromatic hydroxyl groups is 1. The van der Waals surface area contributed by atoms with Gasteiger partial charge >= 0.3 is 5.69 Å². The lowest BCUT2D eigenvalue weighted by atomic mass is 10.1. The van der Waals surface area contributed by atoms with Crippen LogP contribution in [0.5, 0.6) is 5.75 Å². The zero-order valence-electron chi connectivity index (χ0n) is 17.7. The number of imidazole rings is 1. The van der Waals surface area contributed by atoms with E-state index >= 15 is 0 Å². The number of nitrogens with one attached hydrogen (secondary N) is 1. The Morgan fingerprint density at radius 2 is 1.82 bits per heavy atom. The highest BCUT2D eigenvalue weighted by molar-refractivity contribution is 7.13. The monoisotopic (exact) mass is 455 g/mol. The molecule has 7 nitrogen and oxygen atoms in total. The van der Waals surface area contributed by atoms with Gasteiger partial charge in [-0.25, -0.2) is 14.9 Å². The van der Waals surface area contributed by atoms with Crippen LogP contribution in [0.3, 0.4) is 0 Å². The molecule has 0 saturated carbocycles. The van der Waals surface area contributed by atoms with Crippen LogP contribution < -0.4 is 5.69 Å². The number of hydrogen-bond donors (Lipinski definition) is 2. The van der Waals surface area contributed by atoms with Crippen molar-refractivity contribution in [1.29, 1.82) is 0 Å². The highest BCUT2D eigenvalue weighted by atomic mass is 32.1. The molecule has 0 fully saturated rings. The van der Waals surface area contributed by atoms with Gasteiger partial charge in [-0.15, -0.1) is 11.3 Å². The summed E-state index contributed by atoms with van der Waals surface area (Å²) in [4.78, 5) is 18.1. The number of hydrogen-bond acceptors (Lipinski definition) is 5. The Balaban J connectivity index is 1.50. The van der Waals surface area contributed by atoms with Crippen LogP contribution in [0.4, 0.5) is 0 Å². The summed E-state index contributed by atoms with van der Waals surface area (Å²) in [5.74, 6) is 1.48. The van der Waals surface area contributed by atoms with E-state index in [1.165, 1.54) is 11.3 Å². The van der Waals surface area contributed by atoms with Crippen molar-refractivity contribution in [3.8, 4) is 22.0 Å². The van der Waals surface area contributed by atoms with Crippen LogP contribution in [0.2, 0.25) is 0 Å². The molecule has 164 valence electrons. The van der Waals surface area contributed by atoms with E-state index in [1.807, 2.05) is 71.4 Å². The predicted octanol–water partition coefficient (Wildman–Crippen LogP) is 4.50. The van der Waals surface area contributed by atoms with Crippen molar-refractivity contribution in [3.63, 3.8) is 0 Å². The van der Waals surface area contributed by atoms with Gasteiger partial charge in [-0.2, -0.15) is 5.10 Å². The van der Waals surface area contributed by atoms with E-state index in [9.17, 15) is 9.90 Å². The van der Waals surface area contributed by atoms with Gasteiger partial charge in [-0.1, -0.05) is 55.1 Å². The lowest BCUT2D eigenvalue weighted by molar-refractivity contribution is 0.478. The zero-order valence-corrected chi connectivity index (χ0v) is 18.5. The van der Waals surface area contributed by atoms with Crippen molar-refractivity contribution in [1.82, 2.24) is 24.3 Å². The number of aromatic nitrogens is 5. The molecule has 0 radical (unpaired) electrons. The van der Waals surface area contributed by atoms with E-state index in [1.54, 1.807) is 16.0 Å². The molecule has 0 amide bonds. The maximum atomic E-state index is 12.4. The quantitative estimate of drug-likeness (QED) is 0.378. The molecule has 2 aromatic carbocycles. The van der Waals surface area contributed by atoms with Crippen LogP contribution in [-0.2, 0) is 13.0 Å². The summed E-state index contributed by atoms with van der Waals surface area (Å²) >= 11 is 1.42. The first-order chi connectivity index (χ1) is 16.1. The average Bonchev–Trinajstić information content (AvgIpc) is 3.55. The molecule has 0 bridgehead atoms. The van der Waals surface area contributed by atoms with E-state index < -0.39 is 0 Å². The normalized spacial score (nSPS) is 11.0. The molecule has 0 aliphatic heterocycles. The first-order valence-electron chi connectivity index (χ1n) is 10.4. The summed E-state index contributed by atoms with van der Waals surface area (Å²) in [5.41, 5.74) is 3.15. The second kappa shape index (κ2) is 8.76. The number of para-hydroxylation sites is 1. The van der Waals surface area contributed by atoms with Gasteiger partial charge in [0, 0.05) is 29.8 Å². The zero-order chi connectivity index (χ0) is 22.8. The highest BCUT2D eigenvalue weighted by Gasteiger charge is 2.18. The van der Waals surface area contributed by atoms with E-state index in [-0.39, 0.29) is 11.4 Å². The number of thiophene rings is 1. The molecule has 0 unspecified atom stereocenters. The van der Waals surface area contributed by atoms with Crippen LogP contribution >= 0.6 is 11.3 Å². The van der Waals surface area contributed by atoms with Crippen LogP contribution in [0.1, 0.15) is 17.2 Å². The standard InChI is InChI=1S/C25H21N5O2S/c1-17(12-23-27-28-25(32)30(23)14-18-8-4-2-5-9-18)24-26-21(22-13-20(31)16-33-22)15-29(24)19-10-6-3-7-11-19/h2-11,13,15-16,31H,1,12,14H2,(H,28,32). The Hall–Kier alpha value is -4.17. The number of rotatable bonds is 7. The van der Waals surface area contributed by atoms with Crippen LogP contribution in [-0.4, -0.2) is 29.4 Å². The fourth-order valence-corrected chi connectivity index (χ4v) is 4.40. The largest absolute Gasteiger partial charge is 0.507 e. The molecule has 2 N–H and O–H groups in total. The summed E-state index contributed by atoms with van der Waals surface area (Å²) in [6.45, 7) is 4.70. The number of aromatic amines is 1. The average molecular weight is 456 g/mol. The Bertz CT molecular complexity index is 1460. The Morgan fingerprint density at radius 3 is 2.52 bits per heavy atom. The number of benzene rings is 2. The van der Waals surface area contributed by atoms with E-state index in [4.69, 9.17) is 4.98 Å². The Morgan fingerprint density at radius 1 is 1.09 bits per heavy atom. The Kier molecular flexibility index (Phi) is 5.50. The minimum absolute atomic E-state index is 0.214. The number of nitrogens with zero attached hydrogens (tertiary/aromatic N) is 4. The molecule has 33 heavy (non-hydrogen) atoms. The van der Waals surface area contributed by atoms with Gasteiger partial charge in [0.25, 0.3) is 0 Å². The van der Waals surface area contributed by atoms with Crippen LogP contribution in [0.25, 0.3) is 21.8 Å². The first-order valence-corrected chi connectivity index (χ1v) is 11.3. The molecule has 3 heterocycles. The van der Waals surface area contributed by atoms with Crippen molar-refractivity contribution < 1.29 is 5.11 Å². The summed E-state index contributed by atoms with van der Waals surface area (Å²) in [6.07, 6.45) is 2.28. The lowest BCUT2D eigenvalue weighted by Crippen LogP contribution is -2.20. The molecule has 5 rings (SSSR count). The molecular formula is C25H21N5O2S. The minimum atomic E-state index is -0.261. The third-order valence-electron chi connectivity index (χ3n) is 5.29. The summed E-state index contributed by atoms with van der Waals surface area (Å²) in [7, 11) is 0. The fourth-order valence-electron chi connectivity index (χ4n) is 3.68. The van der Waals surface area contributed by atoms with Gasteiger partial charge in [-0.05, 0) is 23.3 Å². The van der Waals surface area contributed by atoms with E-state index in [2.05, 4.69) is 16.8 Å². The number of H-pyrrole nitrogens is 1. The van der Waals surface area contributed by atoms with Crippen LogP contribution in [0.15, 0.2) is 89.7 Å². The maximum Gasteiger partial charge on any atom is 0.343 e. The van der Waals surface area contributed by atoms with Gasteiger partial charge in [0.05, 0.1) is 17.1 Å². The fraction of sp³-hybridized carbons (Fsp3) is 0.0800. The molecular weight excluding hydrogens is 434 g/mol. The summed E-state index contributed by atoms with van der Waals surface area (Å²) in [6, 6.07) is 21.3. The van der Waals surface area contributed by atoms with Crippen molar-refractivity contribution in [2.45, 2.75) is 13.0 Å². The smallest absolute Gasteiger partial charge is 0.343 e. The molecule has 0 aliphatic carbocycles. The van der Waals surface area contributed by atoms with Gasteiger partial charge in [0.2, 0.25) is 0 Å².